The number of para-hydroxylation sites is 1. The van der Waals surface area contributed by atoms with Gasteiger partial charge in [0.1, 0.15) is 0 Å². The first-order valence-electron chi connectivity index (χ1n) is 7.65. The summed E-state index contributed by atoms with van der Waals surface area (Å²) in [7, 11) is 0. The van der Waals surface area contributed by atoms with Gasteiger partial charge in [0.2, 0.25) is 5.91 Å². The van der Waals surface area contributed by atoms with E-state index < -0.39 is 0 Å². The van der Waals surface area contributed by atoms with E-state index in [1.165, 1.54) is 22.2 Å². The molecule has 3 nitrogen and oxygen atoms in total. The second-order valence-corrected chi connectivity index (χ2v) is 5.74. The zero-order valence-electron chi connectivity index (χ0n) is 12.0. The molecule has 2 aromatic rings. The first kappa shape index (κ1) is 13.2. The third kappa shape index (κ3) is 2.58. The van der Waals surface area contributed by atoms with E-state index in [0.29, 0.717) is 12.5 Å². The summed E-state index contributed by atoms with van der Waals surface area (Å²) in [6, 6.07) is 8.76. The fourth-order valence-corrected chi connectivity index (χ4v) is 3.14. The molecule has 0 fully saturated rings. The van der Waals surface area contributed by atoms with Gasteiger partial charge in [-0.05, 0) is 30.9 Å². The van der Waals surface area contributed by atoms with Gasteiger partial charge >= 0.3 is 0 Å². The van der Waals surface area contributed by atoms with Crippen molar-refractivity contribution in [2.75, 3.05) is 0 Å². The van der Waals surface area contributed by atoms with Crippen LogP contribution in [-0.2, 0) is 17.6 Å². The highest BCUT2D eigenvalue weighted by atomic mass is 16.1. The topological polar surface area (TPSA) is 44.9 Å². The lowest BCUT2D eigenvalue weighted by Gasteiger charge is -2.23. The molecule has 20 heavy (non-hydrogen) atoms. The van der Waals surface area contributed by atoms with Crippen molar-refractivity contribution < 1.29 is 4.79 Å². The molecule has 1 aliphatic carbocycles. The molecular formula is C17H22N2O. The summed E-state index contributed by atoms with van der Waals surface area (Å²) < 4.78 is 0. The maximum absolute atomic E-state index is 11.8. The average molecular weight is 270 g/mol. The smallest absolute Gasteiger partial charge is 0.220 e. The van der Waals surface area contributed by atoms with Crippen LogP contribution in [0.15, 0.2) is 24.3 Å². The standard InChI is InChI=1S/C17H22N2O/c1-2-3-8-17(20)18-12-9-10-14-13-6-4-5-7-15(13)19-16(14)11-12/h4-7,12,19H,2-3,8-11H2,1H3,(H,18,20). The van der Waals surface area contributed by atoms with Gasteiger partial charge in [-0.1, -0.05) is 31.5 Å². The molecular weight excluding hydrogens is 248 g/mol. The molecule has 1 atom stereocenters. The highest BCUT2D eigenvalue weighted by molar-refractivity contribution is 5.85. The Kier molecular flexibility index (Phi) is 3.77. The van der Waals surface area contributed by atoms with Gasteiger partial charge in [0.05, 0.1) is 0 Å². The van der Waals surface area contributed by atoms with E-state index >= 15 is 0 Å². The van der Waals surface area contributed by atoms with Crippen molar-refractivity contribution >= 4 is 16.8 Å². The number of aromatic nitrogens is 1. The summed E-state index contributed by atoms with van der Waals surface area (Å²) in [5.41, 5.74) is 3.97. The van der Waals surface area contributed by atoms with Gasteiger partial charge in [-0.15, -0.1) is 0 Å². The number of hydrogen-bond acceptors (Lipinski definition) is 1. The number of fused-ring (bicyclic) bond motifs is 3. The van der Waals surface area contributed by atoms with Crippen molar-refractivity contribution in [1.82, 2.24) is 10.3 Å². The van der Waals surface area contributed by atoms with Crippen LogP contribution in [0.2, 0.25) is 0 Å². The molecule has 1 aromatic heterocycles. The molecule has 0 spiro atoms. The minimum Gasteiger partial charge on any atom is -0.358 e. The van der Waals surface area contributed by atoms with Gasteiger partial charge in [0.15, 0.2) is 0 Å². The normalized spacial score (nSPS) is 17.9. The number of amides is 1. The molecule has 0 aliphatic heterocycles. The number of carbonyl (C=O) groups excluding carboxylic acids is 1. The first-order valence-corrected chi connectivity index (χ1v) is 7.65. The van der Waals surface area contributed by atoms with Crippen LogP contribution in [0.25, 0.3) is 10.9 Å². The lowest BCUT2D eigenvalue weighted by Crippen LogP contribution is -2.38. The zero-order valence-corrected chi connectivity index (χ0v) is 12.0. The monoisotopic (exact) mass is 270 g/mol. The van der Waals surface area contributed by atoms with Crippen molar-refractivity contribution in [3.63, 3.8) is 0 Å². The van der Waals surface area contributed by atoms with Crippen LogP contribution >= 0.6 is 0 Å². The van der Waals surface area contributed by atoms with Crippen molar-refractivity contribution in [2.24, 2.45) is 0 Å². The maximum atomic E-state index is 11.8. The van der Waals surface area contributed by atoms with Crippen LogP contribution in [0.1, 0.15) is 43.9 Å². The number of aryl methyl sites for hydroxylation is 1. The number of H-pyrrole nitrogens is 1. The predicted octanol–water partition coefficient (Wildman–Crippen LogP) is 3.33. The Bertz CT molecular complexity index is 614. The Labute approximate surface area is 119 Å². The molecule has 3 heteroatoms. The first-order chi connectivity index (χ1) is 9.78. The number of hydrogen-bond donors (Lipinski definition) is 2. The third-order valence-electron chi connectivity index (χ3n) is 4.22. The van der Waals surface area contributed by atoms with Crippen LogP contribution < -0.4 is 5.32 Å². The fourth-order valence-electron chi connectivity index (χ4n) is 3.14. The van der Waals surface area contributed by atoms with E-state index in [0.717, 1.165) is 32.1 Å². The van der Waals surface area contributed by atoms with E-state index in [-0.39, 0.29) is 5.91 Å². The lowest BCUT2D eigenvalue weighted by molar-refractivity contribution is -0.122. The lowest BCUT2D eigenvalue weighted by atomic mass is 9.91. The molecule has 1 aliphatic rings. The van der Waals surface area contributed by atoms with E-state index in [2.05, 4.69) is 41.5 Å². The van der Waals surface area contributed by atoms with Crippen molar-refractivity contribution in [3.05, 3.63) is 35.5 Å². The molecule has 0 radical (unpaired) electrons. The molecule has 1 unspecified atom stereocenters. The highest BCUT2D eigenvalue weighted by Crippen LogP contribution is 2.29. The van der Waals surface area contributed by atoms with Crippen molar-refractivity contribution in [3.8, 4) is 0 Å². The zero-order chi connectivity index (χ0) is 13.9. The van der Waals surface area contributed by atoms with Crippen LogP contribution in [-0.4, -0.2) is 16.9 Å². The van der Waals surface area contributed by atoms with E-state index in [9.17, 15) is 4.79 Å². The van der Waals surface area contributed by atoms with Gasteiger partial charge in [0, 0.05) is 35.5 Å². The molecule has 3 rings (SSSR count). The van der Waals surface area contributed by atoms with Gasteiger partial charge < -0.3 is 10.3 Å². The van der Waals surface area contributed by atoms with Crippen LogP contribution in [0, 0.1) is 0 Å². The largest absolute Gasteiger partial charge is 0.358 e. The minimum atomic E-state index is 0.205. The van der Waals surface area contributed by atoms with Gasteiger partial charge in [-0.25, -0.2) is 0 Å². The van der Waals surface area contributed by atoms with Gasteiger partial charge in [-0.2, -0.15) is 0 Å². The average Bonchev–Trinajstić information content (AvgIpc) is 2.82. The number of nitrogens with one attached hydrogen (secondary N) is 2. The fraction of sp³-hybridized carbons (Fsp3) is 0.471. The summed E-state index contributed by atoms with van der Waals surface area (Å²) in [5, 5.41) is 4.53. The molecule has 0 saturated heterocycles. The number of aromatic amines is 1. The number of rotatable bonds is 4. The Morgan fingerprint density at radius 1 is 1.40 bits per heavy atom. The molecule has 2 N–H and O–H groups in total. The Balaban J connectivity index is 1.71. The number of carbonyl (C=O) groups is 1. The SMILES string of the molecule is CCCCC(=O)NC1CCc2c([nH]c3ccccc23)C1. The van der Waals surface area contributed by atoms with E-state index in [1.807, 2.05) is 0 Å². The van der Waals surface area contributed by atoms with Gasteiger partial charge in [-0.3, -0.25) is 4.79 Å². The molecule has 0 bridgehead atoms. The molecule has 1 heterocycles. The number of benzene rings is 1. The van der Waals surface area contributed by atoms with Crippen molar-refractivity contribution in [1.29, 1.82) is 0 Å². The van der Waals surface area contributed by atoms with E-state index in [1.54, 1.807) is 0 Å². The molecule has 1 aromatic carbocycles. The minimum absolute atomic E-state index is 0.205. The third-order valence-corrected chi connectivity index (χ3v) is 4.22. The summed E-state index contributed by atoms with van der Waals surface area (Å²) in [6.45, 7) is 2.12. The number of unbranched alkanes of at least 4 members (excludes halogenated alkanes) is 1. The molecule has 1 amide bonds. The Morgan fingerprint density at radius 3 is 3.10 bits per heavy atom. The Hall–Kier alpha value is -1.77. The molecule has 106 valence electrons. The summed E-state index contributed by atoms with van der Waals surface area (Å²) in [6.07, 6.45) is 5.75. The van der Waals surface area contributed by atoms with Crippen LogP contribution in [0.3, 0.4) is 0 Å². The summed E-state index contributed by atoms with van der Waals surface area (Å²) in [4.78, 5) is 15.3. The van der Waals surface area contributed by atoms with E-state index in [4.69, 9.17) is 0 Å². The summed E-state index contributed by atoms with van der Waals surface area (Å²) in [5.74, 6) is 0.205. The highest BCUT2D eigenvalue weighted by Gasteiger charge is 2.23. The van der Waals surface area contributed by atoms with Crippen LogP contribution in [0.4, 0.5) is 0 Å². The van der Waals surface area contributed by atoms with Gasteiger partial charge in [0.25, 0.3) is 0 Å². The maximum Gasteiger partial charge on any atom is 0.220 e. The molecule has 0 saturated carbocycles. The quantitative estimate of drug-likeness (QED) is 0.879. The summed E-state index contributed by atoms with van der Waals surface area (Å²) >= 11 is 0. The second kappa shape index (κ2) is 5.70. The second-order valence-electron chi connectivity index (χ2n) is 5.74. The predicted molar refractivity (Wildman–Crippen MR) is 81.8 cm³/mol. The van der Waals surface area contributed by atoms with Crippen molar-refractivity contribution in [2.45, 2.75) is 51.5 Å². The van der Waals surface area contributed by atoms with Crippen LogP contribution in [0.5, 0.6) is 0 Å². The Morgan fingerprint density at radius 2 is 2.25 bits per heavy atom.